The minimum absolute atomic E-state index is 0.176. The lowest BCUT2D eigenvalue weighted by Gasteiger charge is -2.22. The molecule has 0 spiro atoms. The Kier molecular flexibility index (Phi) is 5.74. The first-order valence-corrected chi connectivity index (χ1v) is 9.24. The summed E-state index contributed by atoms with van der Waals surface area (Å²) in [6.07, 6.45) is 5.29. The Balaban J connectivity index is 1.73. The topological polar surface area (TPSA) is 50.3 Å². The molecule has 1 aliphatic heterocycles. The summed E-state index contributed by atoms with van der Waals surface area (Å²) in [4.78, 5) is 11.7. The number of nitrogens with zero attached hydrogens (tertiary/aromatic N) is 3. The van der Waals surface area contributed by atoms with Gasteiger partial charge in [-0.05, 0) is 57.9 Å². The van der Waals surface area contributed by atoms with Crippen molar-refractivity contribution in [3.63, 3.8) is 0 Å². The fourth-order valence-electron chi connectivity index (χ4n) is 3.09. The van der Waals surface area contributed by atoms with Crippen molar-refractivity contribution in [3.05, 3.63) is 36.0 Å². The van der Waals surface area contributed by atoms with Crippen LogP contribution >= 0.6 is 0 Å². The van der Waals surface area contributed by atoms with Crippen molar-refractivity contribution in [2.75, 3.05) is 23.3 Å². The van der Waals surface area contributed by atoms with Crippen molar-refractivity contribution in [2.24, 2.45) is 0 Å². The van der Waals surface area contributed by atoms with Crippen molar-refractivity contribution in [1.82, 2.24) is 9.97 Å². The first-order valence-electron chi connectivity index (χ1n) is 9.24. The number of anilines is 3. The molecule has 134 valence electrons. The van der Waals surface area contributed by atoms with E-state index in [2.05, 4.69) is 21.3 Å². The largest absolute Gasteiger partial charge is 0.491 e. The minimum atomic E-state index is 0.176. The Bertz CT molecular complexity index is 677. The summed E-state index contributed by atoms with van der Waals surface area (Å²) in [6, 6.07) is 10.0. The maximum Gasteiger partial charge on any atom is 0.229 e. The summed E-state index contributed by atoms with van der Waals surface area (Å²) in [5, 5.41) is 3.32. The summed E-state index contributed by atoms with van der Waals surface area (Å²) in [5.74, 6) is 2.55. The molecule has 1 fully saturated rings. The van der Waals surface area contributed by atoms with E-state index in [0.717, 1.165) is 36.0 Å². The molecule has 0 amide bonds. The molecule has 1 N–H and O–H groups in total. The van der Waals surface area contributed by atoms with Gasteiger partial charge in [-0.15, -0.1) is 0 Å². The van der Waals surface area contributed by atoms with Crippen molar-refractivity contribution in [3.8, 4) is 5.75 Å². The highest BCUT2D eigenvalue weighted by Crippen LogP contribution is 2.23. The van der Waals surface area contributed by atoms with Crippen molar-refractivity contribution in [1.29, 1.82) is 0 Å². The maximum atomic E-state index is 5.68. The molecular formula is C20H28N4O. The van der Waals surface area contributed by atoms with Gasteiger partial charge in [0.25, 0.3) is 0 Å². The molecule has 0 radical (unpaired) electrons. The van der Waals surface area contributed by atoms with Crippen LogP contribution in [0, 0.1) is 6.92 Å². The van der Waals surface area contributed by atoms with Crippen LogP contribution < -0.4 is 15.0 Å². The average Bonchev–Trinajstić information content (AvgIpc) is 2.85. The van der Waals surface area contributed by atoms with Crippen LogP contribution in [0.1, 0.15) is 45.2 Å². The van der Waals surface area contributed by atoms with Crippen LogP contribution in [-0.4, -0.2) is 29.2 Å². The van der Waals surface area contributed by atoms with Gasteiger partial charge in [0.1, 0.15) is 11.6 Å². The number of hydrogen-bond donors (Lipinski definition) is 1. The molecular weight excluding hydrogens is 312 g/mol. The predicted molar refractivity (Wildman–Crippen MR) is 103 cm³/mol. The van der Waals surface area contributed by atoms with Crippen LogP contribution in [0.25, 0.3) is 0 Å². The van der Waals surface area contributed by atoms with E-state index >= 15 is 0 Å². The highest BCUT2D eigenvalue weighted by atomic mass is 16.5. The number of rotatable bonds is 5. The monoisotopic (exact) mass is 340 g/mol. The van der Waals surface area contributed by atoms with Gasteiger partial charge in [0.05, 0.1) is 6.10 Å². The first-order chi connectivity index (χ1) is 12.1. The fraction of sp³-hybridized carbons (Fsp3) is 0.500. The van der Waals surface area contributed by atoms with E-state index in [-0.39, 0.29) is 6.10 Å². The van der Waals surface area contributed by atoms with Crippen molar-refractivity contribution < 1.29 is 4.74 Å². The second-order valence-corrected chi connectivity index (χ2v) is 6.91. The van der Waals surface area contributed by atoms with Gasteiger partial charge in [-0.3, -0.25) is 0 Å². The third kappa shape index (κ3) is 5.08. The zero-order valence-corrected chi connectivity index (χ0v) is 15.5. The quantitative estimate of drug-likeness (QED) is 0.855. The summed E-state index contributed by atoms with van der Waals surface area (Å²) >= 11 is 0. The van der Waals surface area contributed by atoms with Crippen LogP contribution in [0.5, 0.6) is 5.75 Å². The third-order valence-corrected chi connectivity index (χ3v) is 4.25. The molecule has 3 rings (SSSR count). The molecule has 0 unspecified atom stereocenters. The molecule has 1 aliphatic rings. The Morgan fingerprint density at radius 1 is 1.00 bits per heavy atom. The van der Waals surface area contributed by atoms with Crippen LogP contribution in [0.3, 0.4) is 0 Å². The zero-order valence-electron chi connectivity index (χ0n) is 15.5. The SMILES string of the molecule is Cc1cc(N2CCCCCC2)nc(Nc2ccc(OC(C)C)cc2)n1. The number of ether oxygens (including phenoxy) is 1. The zero-order chi connectivity index (χ0) is 17.6. The van der Waals surface area contributed by atoms with E-state index < -0.39 is 0 Å². The van der Waals surface area contributed by atoms with Gasteiger partial charge < -0.3 is 15.0 Å². The van der Waals surface area contributed by atoms with E-state index in [1.54, 1.807) is 0 Å². The van der Waals surface area contributed by atoms with Crippen molar-refractivity contribution >= 4 is 17.5 Å². The van der Waals surface area contributed by atoms with Crippen LogP contribution in [0.15, 0.2) is 30.3 Å². The Labute approximate surface area is 150 Å². The van der Waals surface area contributed by atoms with E-state index in [1.807, 2.05) is 45.0 Å². The smallest absolute Gasteiger partial charge is 0.229 e. The summed E-state index contributed by atoms with van der Waals surface area (Å²) in [6.45, 7) is 8.23. The molecule has 0 bridgehead atoms. The van der Waals surface area contributed by atoms with E-state index in [4.69, 9.17) is 9.72 Å². The molecule has 0 saturated carbocycles. The normalized spacial score (nSPS) is 15.1. The minimum Gasteiger partial charge on any atom is -0.491 e. The van der Waals surface area contributed by atoms with Gasteiger partial charge in [-0.25, -0.2) is 4.98 Å². The number of aryl methyl sites for hydroxylation is 1. The molecule has 0 atom stereocenters. The lowest BCUT2D eigenvalue weighted by molar-refractivity contribution is 0.242. The molecule has 25 heavy (non-hydrogen) atoms. The average molecular weight is 340 g/mol. The van der Waals surface area contributed by atoms with Gasteiger partial charge in [0, 0.05) is 30.5 Å². The summed E-state index contributed by atoms with van der Waals surface area (Å²) in [7, 11) is 0. The lowest BCUT2D eigenvalue weighted by Crippen LogP contribution is -2.25. The van der Waals surface area contributed by atoms with Crippen LogP contribution in [-0.2, 0) is 0 Å². The Morgan fingerprint density at radius 2 is 1.68 bits per heavy atom. The fourth-order valence-corrected chi connectivity index (χ4v) is 3.09. The molecule has 0 aliphatic carbocycles. The second-order valence-electron chi connectivity index (χ2n) is 6.91. The second kappa shape index (κ2) is 8.19. The number of aromatic nitrogens is 2. The van der Waals surface area contributed by atoms with Crippen LogP contribution in [0.4, 0.5) is 17.5 Å². The molecule has 5 heteroatoms. The van der Waals surface area contributed by atoms with Gasteiger partial charge >= 0.3 is 0 Å². The number of benzene rings is 1. The number of nitrogens with one attached hydrogen (secondary N) is 1. The molecule has 1 aromatic carbocycles. The molecule has 1 aromatic heterocycles. The van der Waals surface area contributed by atoms with E-state index in [9.17, 15) is 0 Å². The predicted octanol–water partition coefficient (Wildman–Crippen LogP) is 4.70. The van der Waals surface area contributed by atoms with Gasteiger partial charge in [0.2, 0.25) is 5.95 Å². The standard InChI is InChI=1S/C20H28N4O/c1-15(2)25-18-10-8-17(9-11-18)22-20-21-16(3)14-19(23-20)24-12-6-4-5-7-13-24/h8-11,14-15H,4-7,12-13H2,1-3H3,(H,21,22,23). The Hall–Kier alpha value is -2.30. The van der Waals surface area contributed by atoms with Crippen molar-refractivity contribution in [2.45, 2.75) is 52.6 Å². The number of hydrogen-bond acceptors (Lipinski definition) is 5. The van der Waals surface area contributed by atoms with Gasteiger partial charge in [0.15, 0.2) is 0 Å². The third-order valence-electron chi connectivity index (χ3n) is 4.25. The van der Waals surface area contributed by atoms with E-state index in [1.165, 1.54) is 25.7 Å². The molecule has 2 aromatic rings. The maximum absolute atomic E-state index is 5.68. The lowest BCUT2D eigenvalue weighted by atomic mass is 10.2. The van der Waals surface area contributed by atoms with Crippen LogP contribution in [0.2, 0.25) is 0 Å². The first kappa shape index (κ1) is 17.5. The highest BCUT2D eigenvalue weighted by Gasteiger charge is 2.13. The summed E-state index contributed by atoms with van der Waals surface area (Å²) < 4.78 is 5.68. The summed E-state index contributed by atoms with van der Waals surface area (Å²) in [5.41, 5.74) is 1.94. The molecule has 1 saturated heterocycles. The Morgan fingerprint density at radius 3 is 2.32 bits per heavy atom. The highest BCUT2D eigenvalue weighted by molar-refractivity contribution is 5.56. The van der Waals surface area contributed by atoms with Gasteiger partial charge in [-0.2, -0.15) is 4.98 Å². The van der Waals surface area contributed by atoms with Gasteiger partial charge in [-0.1, -0.05) is 12.8 Å². The van der Waals surface area contributed by atoms with E-state index in [0.29, 0.717) is 5.95 Å². The molecule has 5 nitrogen and oxygen atoms in total. The molecule has 2 heterocycles.